The molecule has 0 aliphatic carbocycles. The van der Waals surface area contributed by atoms with Crippen LogP contribution < -0.4 is 37.3 Å². The highest BCUT2D eigenvalue weighted by molar-refractivity contribution is 6.05. The first-order valence-corrected chi connectivity index (χ1v) is 22.2. The summed E-state index contributed by atoms with van der Waals surface area (Å²) in [4.78, 5) is 81.0. The number of fused-ring (bicyclic) bond motifs is 2. The molecule has 23 heteroatoms. The molecule has 1 atom stereocenters. The van der Waals surface area contributed by atoms with Crippen LogP contribution in [0.1, 0.15) is 79.0 Å². The molecule has 0 saturated heterocycles. The highest BCUT2D eigenvalue weighted by atomic mass is 16.5. The normalized spacial score (nSPS) is 11.9. The lowest BCUT2D eigenvalue weighted by Gasteiger charge is -2.21. The van der Waals surface area contributed by atoms with Crippen molar-refractivity contribution in [3.8, 4) is 11.5 Å². The molecule has 8 N–H and O–H groups in total. The van der Waals surface area contributed by atoms with Gasteiger partial charge in [-0.2, -0.15) is 10.2 Å². The summed E-state index contributed by atoms with van der Waals surface area (Å²) in [6.07, 6.45) is 7.76. The number of benzene rings is 2. The fraction of sp³-hybridized carbons (Fsp3) is 0.348. The number of primary amides is 2. The number of hydrogen-bond donors (Lipinski definition) is 5. The van der Waals surface area contributed by atoms with E-state index >= 15 is 0 Å². The molecule has 5 heterocycles. The Kier molecular flexibility index (Phi) is 14.6. The number of hydrogen-bond acceptors (Lipinski definition) is 13. The van der Waals surface area contributed by atoms with E-state index in [0.717, 1.165) is 0 Å². The largest absolute Gasteiger partial charge is 0.494 e. The summed E-state index contributed by atoms with van der Waals surface area (Å²) in [5.41, 5.74) is 22.2. The molecular weight excluding hydrogens is 889 g/mol. The van der Waals surface area contributed by atoms with Crippen LogP contribution in [0.4, 0.5) is 11.9 Å². The standard InChI is InChI=1S/C46H56N16O7/c1-8-61-34(17-26(3)55-61)42(65)53-45-51-32-19-28(40(48)63)21-36(68-7)38(32)59(45)14-10-11-15-60-39-33(52-46(60)54-43(66)35-18-27(4)56-62(35)9-2)20-29(41(49)64)22-37(39)69-16-12-13-58(6)44(67)31(47)23-30-24-57(5)25-50-30/h10-11,17-22,24-25,31H,8-9,12-16,23,47H2,1-7H3,(H2,48,63)(H2,49,64)(H,51,53,65)(H,52,54,66)/b11-10+. The van der Waals surface area contributed by atoms with Gasteiger partial charge in [-0.05, 0) is 70.5 Å². The maximum Gasteiger partial charge on any atom is 0.276 e. The molecule has 69 heavy (non-hydrogen) atoms. The molecule has 0 fully saturated rings. The van der Waals surface area contributed by atoms with Crippen molar-refractivity contribution in [2.45, 2.75) is 72.8 Å². The minimum atomic E-state index is -0.788. The minimum Gasteiger partial charge on any atom is -0.494 e. The molecule has 7 aromatic rings. The number of allylic oxidation sites excluding steroid dienone is 2. The van der Waals surface area contributed by atoms with E-state index in [9.17, 15) is 24.0 Å². The topological polar surface area (TPSA) is 298 Å². The second-order valence-corrected chi connectivity index (χ2v) is 16.4. The lowest BCUT2D eigenvalue weighted by atomic mass is 10.1. The van der Waals surface area contributed by atoms with E-state index in [4.69, 9.17) is 36.6 Å². The SMILES string of the molecule is CCn1nc(C)cc1C(=O)Nc1nc2cc(C(N)=O)cc(OC)c2n1C/C=C/Cn1c(NC(=O)c2cc(C)nn2CC)nc2cc(C(N)=O)cc(OCCCN(C)C(=O)C(N)Cc3cn(C)cn3)c21. The van der Waals surface area contributed by atoms with Crippen LogP contribution in [-0.4, -0.2) is 116 Å². The minimum absolute atomic E-state index is 0.0993. The Labute approximate surface area is 396 Å². The zero-order valence-electron chi connectivity index (χ0n) is 39.5. The second kappa shape index (κ2) is 20.7. The highest BCUT2D eigenvalue weighted by Crippen LogP contribution is 2.33. The summed E-state index contributed by atoms with van der Waals surface area (Å²) < 4.78 is 20.4. The van der Waals surface area contributed by atoms with E-state index in [1.807, 2.05) is 39.2 Å². The summed E-state index contributed by atoms with van der Waals surface area (Å²) in [7, 11) is 4.95. The van der Waals surface area contributed by atoms with Crippen molar-refractivity contribution in [1.82, 2.24) is 53.1 Å². The van der Waals surface area contributed by atoms with Crippen LogP contribution in [0.2, 0.25) is 0 Å². The van der Waals surface area contributed by atoms with Crippen molar-refractivity contribution in [2.24, 2.45) is 24.2 Å². The van der Waals surface area contributed by atoms with Crippen LogP contribution >= 0.6 is 0 Å². The van der Waals surface area contributed by atoms with Crippen LogP contribution in [-0.2, 0) is 44.4 Å². The van der Waals surface area contributed by atoms with Crippen molar-refractivity contribution in [2.75, 3.05) is 37.9 Å². The summed E-state index contributed by atoms with van der Waals surface area (Å²) >= 11 is 0. The number of carbonyl (C=O) groups is 5. The van der Waals surface area contributed by atoms with Crippen LogP contribution in [0.3, 0.4) is 0 Å². The van der Waals surface area contributed by atoms with Crippen molar-refractivity contribution in [3.05, 3.63) is 101 Å². The van der Waals surface area contributed by atoms with Gasteiger partial charge in [-0.3, -0.25) is 44.0 Å². The Morgan fingerprint density at radius 1 is 0.783 bits per heavy atom. The predicted octanol–water partition coefficient (Wildman–Crippen LogP) is 2.93. The Bertz CT molecular complexity index is 3120. The van der Waals surface area contributed by atoms with Crippen LogP contribution in [0.5, 0.6) is 11.5 Å². The number of aryl methyl sites for hydroxylation is 5. The number of nitrogens with zero attached hydrogens (tertiary/aromatic N) is 11. The van der Waals surface area contributed by atoms with Crippen LogP contribution in [0.25, 0.3) is 22.1 Å². The number of aromatic nitrogens is 10. The third-order valence-electron chi connectivity index (χ3n) is 11.2. The van der Waals surface area contributed by atoms with Crippen molar-refractivity contribution < 1.29 is 33.4 Å². The molecule has 0 bridgehead atoms. The Morgan fingerprint density at radius 2 is 1.29 bits per heavy atom. The van der Waals surface area contributed by atoms with Gasteiger partial charge in [0.1, 0.15) is 33.9 Å². The maximum atomic E-state index is 13.9. The number of rotatable bonds is 21. The first-order valence-electron chi connectivity index (χ1n) is 22.2. The van der Waals surface area contributed by atoms with Gasteiger partial charge in [-0.15, -0.1) is 0 Å². The average molecular weight is 945 g/mol. The van der Waals surface area contributed by atoms with Crippen molar-refractivity contribution in [1.29, 1.82) is 0 Å². The number of likely N-dealkylation sites (N-methyl/N-ethyl adjacent to an activating group) is 1. The van der Waals surface area contributed by atoms with Gasteiger partial charge in [-0.1, -0.05) is 12.2 Å². The van der Waals surface area contributed by atoms with Crippen LogP contribution in [0.15, 0.2) is 61.1 Å². The molecule has 5 aromatic heterocycles. The van der Waals surface area contributed by atoms with Gasteiger partial charge in [0.05, 0.1) is 54.2 Å². The number of imidazole rings is 3. The molecule has 362 valence electrons. The molecule has 2 aromatic carbocycles. The lowest BCUT2D eigenvalue weighted by molar-refractivity contribution is -0.131. The lowest BCUT2D eigenvalue weighted by Crippen LogP contribution is -2.43. The Hall–Kier alpha value is -8.34. The summed E-state index contributed by atoms with van der Waals surface area (Å²) in [5.74, 6) is -1.77. The highest BCUT2D eigenvalue weighted by Gasteiger charge is 2.25. The quantitative estimate of drug-likeness (QED) is 0.0512. The molecular formula is C46H56N16O7. The fourth-order valence-electron chi connectivity index (χ4n) is 7.95. The molecule has 0 aliphatic rings. The Balaban J connectivity index is 1.21. The molecule has 0 saturated carbocycles. The van der Waals surface area contributed by atoms with Gasteiger partial charge in [0.15, 0.2) is 0 Å². The molecule has 23 nitrogen and oxygen atoms in total. The van der Waals surface area contributed by atoms with Gasteiger partial charge in [-0.25, -0.2) is 15.0 Å². The molecule has 5 amide bonds. The molecule has 0 spiro atoms. The van der Waals surface area contributed by atoms with Gasteiger partial charge in [0.2, 0.25) is 29.6 Å². The van der Waals surface area contributed by atoms with E-state index in [0.29, 0.717) is 82.3 Å². The number of methoxy groups -OCH3 is 1. The number of carbonyl (C=O) groups excluding carboxylic acids is 5. The first-order chi connectivity index (χ1) is 33.0. The summed E-state index contributed by atoms with van der Waals surface area (Å²) in [5, 5.41) is 14.7. The zero-order valence-corrected chi connectivity index (χ0v) is 39.5. The van der Waals surface area contributed by atoms with Gasteiger partial charge >= 0.3 is 0 Å². The van der Waals surface area contributed by atoms with Crippen LogP contribution in [0, 0.1) is 13.8 Å². The van der Waals surface area contributed by atoms with E-state index in [-0.39, 0.29) is 60.8 Å². The number of ether oxygens (including phenoxy) is 2. The molecule has 1 unspecified atom stereocenters. The fourth-order valence-corrected chi connectivity index (χ4v) is 7.95. The van der Waals surface area contributed by atoms with E-state index < -0.39 is 29.7 Å². The predicted molar refractivity (Wildman–Crippen MR) is 256 cm³/mol. The van der Waals surface area contributed by atoms with Gasteiger partial charge < -0.3 is 45.3 Å². The summed E-state index contributed by atoms with van der Waals surface area (Å²) in [6.45, 7) is 8.87. The monoisotopic (exact) mass is 944 g/mol. The summed E-state index contributed by atoms with van der Waals surface area (Å²) in [6, 6.07) is 8.60. The van der Waals surface area contributed by atoms with Crippen molar-refractivity contribution in [3.63, 3.8) is 0 Å². The van der Waals surface area contributed by atoms with Crippen molar-refractivity contribution >= 4 is 63.5 Å². The average Bonchev–Trinajstić information content (AvgIpc) is 4.15. The van der Waals surface area contributed by atoms with Gasteiger partial charge in [0.25, 0.3) is 11.8 Å². The molecule has 0 radical (unpaired) electrons. The number of nitrogens with one attached hydrogen (secondary N) is 2. The smallest absolute Gasteiger partial charge is 0.276 e. The Morgan fingerprint density at radius 3 is 1.75 bits per heavy atom. The molecule has 7 rings (SSSR count). The van der Waals surface area contributed by atoms with E-state index in [1.165, 1.54) is 36.3 Å². The third-order valence-corrected chi connectivity index (χ3v) is 11.2. The molecule has 0 aliphatic heterocycles. The zero-order chi connectivity index (χ0) is 49.7. The maximum absolute atomic E-state index is 13.9. The third kappa shape index (κ3) is 10.6. The van der Waals surface area contributed by atoms with E-state index in [2.05, 4.69) is 25.8 Å². The second-order valence-electron chi connectivity index (χ2n) is 16.4. The van der Waals surface area contributed by atoms with E-state index in [1.54, 1.807) is 62.4 Å². The number of amides is 5. The first kappa shape index (κ1) is 48.6. The number of anilines is 2. The number of nitrogens with two attached hydrogens (primary N) is 3. The van der Waals surface area contributed by atoms with Gasteiger partial charge in [0, 0.05) is 70.6 Å².